The first kappa shape index (κ1) is 12.3. The molecule has 2 N–H and O–H groups in total. The van der Waals surface area contributed by atoms with Gasteiger partial charge in [0.05, 0.1) is 21.9 Å². The highest BCUT2D eigenvalue weighted by Gasteiger charge is 2.09. The van der Waals surface area contributed by atoms with Crippen LogP contribution in [0.2, 0.25) is 10.0 Å². The Morgan fingerprint density at radius 2 is 2.00 bits per heavy atom. The van der Waals surface area contributed by atoms with Gasteiger partial charge in [0.25, 0.3) is 5.56 Å². The number of nitrogens with one attached hydrogen (secondary N) is 2. The first-order valence-corrected chi connectivity index (χ1v) is 6.38. The molecule has 0 fully saturated rings. The Labute approximate surface area is 118 Å². The molecule has 0 saturated carbocycles. The van der Waals surface area contributed by atoms with Crippen LogP contribution in [0.1, 0.15) is 11.1 Å². The second kappa shape index (κ2) is 4.72. The van der Waals surface area contributed by atoms with Crippen LogP contribution in [0, 0.1) is 0 Å². The zero-order chi connectivity index (χ0) is 13.4. The molecule has 0 unspecified atom stereocenters. The van der Waals surface area contributed by atoms with E-state index in [0.717, 1.165) is 11.1 Å². The van der Waals surface area contributed by atoms with Crippen molar-refractivity contribution in [2.75, 3.05) is 0 Å². The van der Waals surface area contributed by atoms with Crippen LogP contribution >= 0.6 is 23.2 Å². The van der Waals surface area contributed by atoms with Gasteiger partial charge in [0.15, 0.2) is 0 Å². The van der Waals surface area contributed by atoms with E-state index < -0.39 is 0 Å². The highest BCUT2D eigenvalue weighted by Crippen LogP contribution is 2.24. The molecule has 0 saturated heterocycles. The van der Waals surface area contributed by atoms with Gasteiger partial charge in [0, 0.05) is 18.2 Å². The van der Waals surface area contributed by atoms with E-state index >= 15 is 0 Å². The van der Waals surface area contributed by atoms with Crippen molar-refractivity contribution in [2.45, 2.75) is 6.42 Å². The van der Waals surface area contributed by atoms with Crippen molar-refractivity contribution in [1.29, 1.82) is 0 Å². The number of aromatic amines is 2. The minimum atomic E-state index is -0.176. The van der Waals surface area contributed by atoms with E-state index in [0.29, 0.717) is 27.5 Å². The van der Waals surface area contributed by atoms with Crippen LogP contribution in [0.15, 0.2) is 35.5 Å². The highest BCUT2D eigenvalue weighted by molar-refractivity contribution is 6.42. The molecule has 2 heterocycles. The van der Waals surface area contributed by atoms with Crippen LogP contribution in [-0.2, 0) is 6.42 Å². The van der Waals surface area contributed by atoms with E-state index in [1.807, 2.05) is 12.1 Å². The van der Waals surface area contributed by atoms with Crippen molar-refractivity contribution < 1.29 is 0 Å². The zero-order valence-electron chi connectivity index (χ0n) is 9.71. The summed E-state index contributed by atoms with van der Waals surface area (Å²) in [6.07, 6.45) is 3.82. The Balaban J connectivity index is 2.04. The van der Waals surface area contributed by atoms with E-state index in [4.69, 9.17) is 23.2 Å². The number of halogens is 2. The van der Waals surface area contributed by atoms with Gasteiger partial charge in [-0.2, -0.15) is 0 Å². The fraction of sp³-hybridized carbons (Fsp3) is 0.0769. The smallest absolute Gasteiger partial charge is 0.275 e. The summed E-state index contributed by atoms with van der Waals surface area (Å²) in [6, 6.07) is 5.48. The molecule has 96 valence electrons. The summed E-state index contributed by atoms with van der Waals surface area (Å²) in [5.41, 5.74) is 2.94. The third kappa shape index (κ3) is 2.25. The van der Waals surface area contributed by atoms with Gasteiger partial charge in [0.2, 0.25) is 0 Å². The van der Waals surface area contributed by atoms with Crippen molar-refractivity contribution in [3.63, 3.8) is 0 Å². The van der Waals surface area contributed by atoms with Crippen molar-refractivity contribution in [3.05, 3.63) is 62.2 Å². The summed E-state index contributed by atoms with van der Waals surface area (Å²) in [5, 5.41) is 1.05. The minimum Gasteiger partial charge on any atom is -0.355 e. The van der Waals surface area contributed by atoms with E-state index in [1.54, 1.807) is 12.3 Å². The zero-order valence-corrected chi connectivity index (χ0v) is 11.2. The van der Waals surface area contributed by atoms with Crippen molar-refractivity contribution in [1.82, 2.24) is 15.0 Å². The van der Waals surface area contributed by atoms with Crippen LogP contribution in [-0.4, -0.2) is 15.0 Å². The molecule has 6 heteroatoms. The number of hydrogen-bond acceptors (Lipinski definition) is 2. The van der Waals surface area contributed by atoms with Crippen LogP contribution in [0.4, 0.5) is 0 Å². The maximum absolute atomic E-state index is 11.6. The summed E-state index contributed by atoms with van der Waals surface area (Å²) in [6.45, 7) is 0. The van der Waals surface area contributed by atoms with E-state index in [9.17, 15) is 4.79 Å². The summed E-state index contributed by atoms with van der Waals surface area (Å²) in [5.74, 6) is 0. The topological polar surface area (TPSA) is 61.5 Å². The summed E-state index contributed by atoms with van der Waals surface area (Å²) in [4.78, 5) is 21.2. The second-order valence-electron chi connectivity index (χ2n) is 4.19. The standard InChI is InChI=1S/C13H9Cl2N3O/c14-9-2-1-7(4-10(9)15)3-8-5-16-12-11(8)17-6-18-13(12)19/h1-2,4-6,16H,3H2,(H,17,18,19). The highest BCUT2D eigenvalue weighted by atomic mass is 35.5. The molecule has 0 aliphatic rings. The quantitative estimate of drug-likeness (QED) is 0.762. The molecule has 3 rings (SSSR count). The Bertz CT molecular complexity index is 807. The number of rotatable bonds is 2. The van der Waals surface area contributed by atoms with Gasteiger partial charge >= 0.3 is 0 Å². The summed E-state index contributed by atoms with van der Waals surface area (Å²) >= 11 is 11.9. The fourth-order valence-corrected chi connectivity index (χ4v) is 2.33. The maximum atomic E-state index is 11.6. The number of benzene rings is 1. The molecule has 0 spiro atoms. The molecule has 0 radical (unpaired) electrons. The number of hydrogen-bond donors (Lipinski definition) is 2. The Morgan fingerprint density at radius 1 is 1.16 bits per heavy atom. The first-order valence-electron chi connectivity index (χ1n) is 5.63. The molecule has 0 aliphatic heterocycles. The van der Waals surface area contributed by atoms with Crippen LogP contribution in [0.5, 0.6) is 0 Å². The third-order valence-corrected chi connectivity index (χ3v) is 3.67. The van der Waals surface area contributed by atoms with Gasteiger partial charge in [-0.3, -0.25) is 4.79 Å². The van der Waals surface area contributed by atoms with Crippen molar-refractivity contribution in [2.24, 2.45) is 0 Å². The van der Waals surface area contributed by atoms with Gasteiger partial charge in [0.1, 0.15) is 5.52 Å². The lowest BCUT2D eigenvalue weighted by Crippen LogP contribution is -2.05. The SMILES string of the molecule is O=c1[nH]cnc2c(Cc3ccc(Cl)c(Cl)c3)c[nH]c12. The lowest BCUT2D eigenvalue weighted by atomic mass is 10.1. The predicted molar refractivity (Wildman–Crippen MR) is 76.0 cm³/mol. The molecule has 0 atom stereocenters. The largest absolute Gasteiger partial charge is 0.355 e. The van der Waals surface area contributed by atoms with Gasteiger partial charge in [-0.15, -0.1) is 0 Å². The van der Waals surface area contributed by atoms with Crippen LogP contribution in [0.3, 0.4) is 0 Å². The second-order valence-corrected chi connectivity index (χ2v) is 5.01. The molecule has 4 nitrogen and oxygen atoms in total. The molecule has 19 heavy (non-hydrogen) atoms. The molecule has 0 amide bonds. The minimum absolute atomic E-state index is 0.176. The number of fused-ring (bicyclic) bond motifs is 1. The van der Waals surface area contributed by atoms with Gasteiger partial charge < -0.3 is 9.97 Å². The Hall–Kier alpha value is -1.78. The van der Waals surface area contributed by atoms with E-state index in [1.165, 1.54) is 6.33 Å². The number of nitrogens with zero attached hydrogens (tertiary/aromatic N) is 1. The fourth-order valence-electron chi connectivity index (χ4n) is 2.01. The molecule has 0 bridgehead atoms. The molecule has 3 aromatic rings. The Morgan fingerprint density at radius 3 is 2.79 bits per heavy atom. The van der Waals surface area contributed by atoms with Crippen LogP contribution in [0.25, 0.3) is 11.0 Å². The molecule has 0 aliphatic carbocycles. The first-order chi connectivity index (χ1) is 9.15. The third-order valence-electron chi connectivity index (χ3n) is 2.93. The average molecular weight is 294 g/mol. The summed E-state index contributed by atoms with van der Waals surface area (Å²) in [7, 11) is 0. The van der Waals surface area contributed by atoms with E-state index in [-0.39, 0.29) is 5.56 Å². The number of H-pyrrole nitrogens is 2. The van der Waals surface area contributed by atoms with Crippen molar-refractivity contribution >= 4 is 34.2 Å². The van der Waals surface area contributed by atoms with E-state index in [2.05, 4.69) is 15.0 Å². The predicted octanol–water partition coefficient (Wildman–Crippen LogP) is 3.15. The molecule has 1 aromatic carbocycles. The van der Waals surface area contributed by atoms with Gasteiger partial charge in [-0.25, -0.2) is 4.98 Å². The lowest BCUT2D eigenvalue weighted by Gasteiger charge is -2.02. The molecular formula is C13H9Cl2N3O. The summed E-state index contributed by atoms with van der Waals surface area (Å²) < 4.78 is 0. The van der Waals surface area contributed by atoms with Gasteiger partial charge in [-0.1, -0.05) is 29.3 Å². The maximum Gasteiger partial charge on any atom is 0.275 e. The Kier molecular flexibility index (Phi) is 3.05. The average Bonchev–Trinajstić information content (AvgIpc) is 2.79. The van der Waals surface area contributed by atoms with Crippen LogP contribution < -0.4 is 5.56 Å². The molecule has 2 aromatic heterocycles. The lowest BCUT2D eigenvalue weighted by molar-refractivity contribution is 1.15. The van der Waals surface area contributed by atoms with Gasteiger partial charge in [-0.05, 0) is 17.7 Å². The number of aromatic nitrogens is 3. The molecular weight excluding hydrogens is 285 g/mol. The normalized spacial score (nSPS) is 11.1. The monoisotopic (exact) mass is 293 g/mol. The van der Waals surface area contributed by atoms with Crippen molar-refractivity contribution in [3.8, 4) is 0 Å².